The zero-order valence-corrected chi connectivity index (χ0v) is 23.1. The number of esters is 1. The Balaban J connectivity index is 1.58. The highest BCUT2D eigenvalue weighted by Crippen LogP contribution is 2.29. The number of carbonyl (C=O) groups is 2. The minimum Gasteiger partial charge on any atom is -0.497 e. The number of allylic oxidation sites excluding steroid dienone is 4. The highest BCUT2D eigenvalue weighted by Gasteiger charge is 2.22. The van der Waals surface area contributed by atoms with E-state index in [2.05, 4.69) is 13.5 Å². The van der Waals surface area contributed by atoms with Crippen molar-refractivity contribution in [3.63, 3.8) is 0 Å². The van der Waals surface area contributed by atoms with Gasteiger partial charge in [0.1, 0.15) is 29.6 Å². The molecular weight excluding hydrogens is 492 g/mol. The lowest BCUT2D eigenvalue weighted by atomic mass is 9.96. The smallest absolute Gasteiger partial charge is 0.343 e. The monoisotopic (exact) mass is 532 g/mol. The Morgan fingerprint density at radius 1 is 0.974 bits per heavy atom. The van der Waals surface area contributed by atoms with Crippen molar-refractivity contribution in [1.29, 1.82) is 0 Å². The van der Waals surface area contributed by atoms with Crippen molar-refractivity contribution in [2.24, 2.45) is 0 Å². The normalized spacial score (nSPS) is 14.4. The largest absolute Gasteiger partial charge is 0.497 e. The summed E-state index contributed by atoms with van der Waals surface area (Å²) in [7, 11) is 1.64. The van der Waals surface area contributed by atoms with E-state index in [1.807, 2.05) is 36.4 Å². The molecule has 0 saturated heterocycles. The van der Waals surface area contributed by atoms with Crippen LogP contribution in [0.4, 0.5) is 0 Å². The zero-order valence-electron chi connectivity index (χ0n) is 23.1. The van der Waals surface area contributed by atoms with Gasteiger partial charge in [-0.2, -0.15) is 0 Å². The average Bonchev–Trinajstić information content (AvgIpc) is 2.97. The number of rotatable bonds is 16. The van der Waals surface area contributed by atoms with E-state index >= 15 is 0 Å². The Morgan fingerprint density at radius 3 is 2.28 bits per heavy atom. The fourth-order valence-electron chi connectivity index (χ4n) is 4.50. The first-order valence-corrected chi connectivity index (χ1v) is 13.8. The Morgan fingerprint density at radius 2 is 1.67 bits per heavy atom. The fourth-order valence-corrected chi connectivity index (χ4v) is 4.50. The van der Waals surface area contributed by atoms with Crippen LogP contribution in [0.5, 0.6) is 11.5 Å². The summed E-state index contributed by atoms with van der Waals surface area (Å²) in [6.45, 7) is 5.85. The molecule has 0 aliphatic heterocycles. The molecule has 0 saturated carbocycles. The molecule has 6 nitrogen and oxygen atoms in total. The van der Waals surface area contributed by atoms with Crippen LogP contribution in [-0.4, -0.2) is 36.7 Å². The van der Waals surface area contributed by atoms with Gasteiger partial charge in [-0.05, 0) is 78.4 Å². The first kappa shape index (κ1) is 29.9. The van der Waals surface area contributed by atoms with Crippen LogP contribution in [0.1, 0.15) is 80.6 Å². The maximum Gasteiger partial charge on any atom is 0.343 e. The van der Waals surface area contributed by atoms with Gasteiger partial charge in [-0.25, -0.2) is 4.79 Å². The lowest BCUT2D eigenvalue weighted by Crippen LogP contribution is -2.32. The maximum atomic E-state index is 12.7. The average molecular weight is 533 g/mol. The Hall–Kier alpha value is -3.64. The van der Waals surface area contributed by atoms with Gasteiger partial charge in [0, 0.05) is 12.8 Å². The second kappa shape index (κ2) is 15.7. The summed E-state index contributed by atoms with van der Waals surface area (Å²) in [5.74, 6) is 1.56. The van der Waals surface area contributed by atoms with Crippen LogP contribution >= 0.6 is 0 Å². The molecule has 0 heterocycles. The summed E-state index contributed by atoms with van der Waals surface area (Å²) in [6.07, 6.45) is 10.9. The van der Waals surface area contributed by atoms with Crippen LogP contribution in [0.25, 0.3) is 5.57 Å². The molecule has 1 N–H and O–H groups in total. The van der Waals surface area contributed by atoms with E-state index in [4.69, 9.17) is 14.2 Å². The number of ether oxygens (including phenoxy) is 3. The van der Waals surface area contributed by atoms with Gasteiger partial charge in [-0.15, -0.1) is 0 Å². The molecular formula is C33H40O6. The van der Waals surface area contributed by atoms with E-state index in [0.29, 0.717) is 41.8 Å². The molecule has 0 amide bonds. The van der Waals surface area contributed by atoms with E-state index < -0.39 is 18.2 Å². The number of hydrogen-bond donors (Lipinski definition) is 1. The Bertz CT molecular complexity index is 1140. The lowest BCUT2D eigenvalue weighted by molar-refractivity contribution is -0.105. The summed E-state index contributed by atoms with van der Waals surface area (Å²) < 4.78 is 16.9. The second-order valence-electron chi connectivity index (χ2n) is 9.87. The summed E-state index contributed by atoms with van der Waals surface area (Å²) >= 11 is 0. The van der Waals surface area contributed by atoms with Gasteiger partial charge in [0.15, 0.2) is 0 Å². The molecule has 1 aliphatic rings. The number of unbranched alkanes of at least 4 members (excludes halogenated alkanes) is 4. The molecule has 0 fully saturated rings. The molecule has 2 aromatic rings. The van der Waals surface area contributed by atoms with Crippen molar-refractivity contribution in [2.45, 2.75) is 76.9 Å². The Kier molecular flexibility index (Phi) is 12.0. The van der Waals surface area contributed by atoms with Crippen molar-refractivity contribution in [2.75, 3.05) is 7.11 Å². The van der Waals surface area contributed by atoms with Crippen molar-refractivity contribution >= 4 is 17.8 Å². The summed E-state index contributed by atoms with van der Waals surface area (Å²) in [5, 5.41) is 10.7. The van der Waals surface area contributed by atoms with E-state index in [-0.39, 0.29) is 6.42 Å². The number of methoxy groups -OCH3 is 1. The molecule has 6 heteroatoms. The van der Waals surface area contributed by atoms with Crippen molar-refractivity contribution in [3.8, 4) is 11.5 Å². The summed E-state index contributed by atoms with van der Waals surface area (Å²) in [5.41, 5.74) is 3.05. The predicted octanol–water partition coefficient (Wildman–Crippen LogP) is 7.23. The van der Waals surface area contributed by atoms with Gasteiger partial charge in [0.25, 0.3) is 0 Å². The summed E-state index contributed by atoms with van der Waals surface area (Å²) in [6, 6.07) is 14.6. The first-order valence-electron chi connectivity index (χ1n) is 13.8. The molecule has 1 aliphatic carbocycles. The first-order chi connectivity index (χ1) is 18.9. The molecule has 0 aromatic heterocycles. The molecule has 2 atom stereocenters. The molecule has 2 aromatic carbocycles. The minimum absolute atomic E-state index is 0.164. The van der Waals surface area contributed by atoms with Crippen LogP contribution in [0.15, 0.2) is 78.6 Å². The number of benzene rings is 2. The molecule has 39 heavy (non-hydrogen) atoms. The maximum absolute atomic E-state index is 12.7. The quantitative estimate of drug-likeness (QED) is 0.106. The topological polar surface area (TPSA) is 82.1 Å². The number of aliphatic hydroxyl groups is 1. The van der Waals surface area contributed by atoms with Crippen LogP contribution in [0, 0.1) is 0 Å². The predicted molar refractivity (Wildman–Crippen MR) is 154 cm³/mol. The van der Waals surface area contributed by atoms with Crippen LogP contribution in [0.2, 0.25) is 0 Å². The van der Waals surface area contributed by atoms with E-state index in [0.717, 1.165) is 43.4 Å². The molecule has 0 radical (unpaired) electrons. The fraction of sp³-hybridized carbons (Fsp3) is 0.394. The van der Waals surface area contributed by atoms with Crippen molar-refractivity contribution in [3.05, 3.63) is 89.7 Å². The van der Waals surface area contributed by atoms with Crippen molar-refractivity contribution < 1.29 is 28.9 Å². The highest BCUT2D eigenvalue weighted by atomic mass is 16.5. The molecule has 3 rings (SSSR count). The van der Waals surface area contributed by atoms with E-state index in [1.165, 1.54) is 12.0 Å². The van der Waals surface area contributed by atoms with Crippen LogP contribution < -0.4 is 9.47 Å². The van der Waals surface area contributed by atoms with Crippen molar-refractivity contribution in [1.82, 2.24) is 0 Å². The zero-order chi connectivity index (χ0) is 28.0. The number of aliphatic hydroxyl groups excluding tert-OH is 1. The number of carbonyl (C=O) groups excluding carboxylic acids is 2. The van der Waals surface area contributed by atoms with Gasteiger partial charge in [-0.3, -0.25) is 4.79 Å². The highest BCUT2D eigenvalue weighted by molar-refractivity contribution is 5.90. The lowest BCUT2D eigenvalue weighted by Gasteiger charge is -2.24. The van der Waals surface area contributed by atoms with E-state index in [1.54, 1.807) is 31.4 Å². The van der Waals surface area contributed by atoms with Gasteiger partial charge in [-0.1, -0.05) is 57.4 Å². The third-order valence-electron chi connectivity index (χ3n) is 6.83. The third kappa shape index (κ3) is 9.56. The summed E-state index contributed by atoms with van der Waals surface area (Å²) in [4.78, 5) is 23.7. The second-order valence-corrected chi connectivity index (χ2v) is 9.87. The van der Waals surface area contributed by atoms with Crippen LogP contribution in [0.3, 0.4) is 0 Å². The molecule has 208 valence electrons. The standard InChI is InChI=1S/C33H40O6/c1-4-5-6-7-8-9-32(31(35)22-24(2)23-34)38-29-20-14-27(15-21-29)33(36)39-30-18-12-26(13-19-30)25-10-16-28(37-3)17-11-25/h10-12,14-18,20-21,23,31-32,35H,2,4-9,13,19,22H2,1,3H3. The van der Waals surface area contributed by atoms with Gasteiger partial charge in [0.05, 0.1) is 18.8 Å². The molecule has 2 unspecified atom stereocenters. The van der Waals surface area contributed by atoms with Gasteiger partial charge >= 0.3 is 5.97 Å². The molecule has 0 bridgehead atoms. The minimum atomic E-state index is -0.840. The molecule has 0 spiro atoms. The Labute approximate surface area is 232 Å². The number of aldehydes is 1. The third-order valence-corrected chi connectivity index (χ3v) is 6.83. The number of hydrogen-bond acceptors (Lipinski definition) is 6. The van der Waals surface area contributed by atoms with Gasteiger partial charge < -0.3 is 19.3 Å². The SMILES string of the molecule is C=C(C=O)CC(O)C(CCCCCCC)Oc1ccc(C(=O)OC2=CC=C(c3ccc(OC)cc3)CC2)cc1. The van der Waals surface area contributed by atoms with Crippen LogP contribution in [-0.2, 0) is 9.53 Å². The van der Waals surface area contributed by atoms with E-state index in [9.17, 15) is 14.7 Å². The van der Waals surface area contributed by atoms with Gasteiger partial charge in [0.2, 0.25) is 0 Å².